The number of amides is 1. The number of halogens is 2. The van der Waals surface area contributed by atoms with Crippen LogP contribution in [0.3, 0.4) is 0 Å². The topological polar surface area (TPSA) is 42.0 Å². The molecule has 2 atom stereocenters. The van der Waals surface area contributed by atoms with Gasteiger partial charge in [-0.15, -0.1) is 0 Å². The SMILES string of the molecule is CC1CC(C)CC(NC(=O)c2ccnc(F)c2F)C1. The molecule has 2 unspecified atom stereocenters. The molecule has 3 nitrogen and oxygen atoms in total. The number of carbonyl (C=O) groups excluding carboxylic acids is 1. The summed E-state index contributed by atoms with van der Waals surface area (Å²) < 4.78 is 26.4. The summed E-state index contributed by atoms with van der Waals surface area (Å²) in [6.45, 7) is 4.28. The van der Waals surface area contributed by atoms with E-state index >= 15 is 0 Å². The van der Waals surface area contributed by atoms with E-state index < -0.39 is 17.7 Å². The molecule has 0 aliphatic heterocycles. The molecule has 1 amide bonds. The van der Waals surface area contributed by atoms with Crippen molar-refractivity contribution in [1.82, 2.24) is 10.3 Å². The summed E-state index contributed by atoms with van der Waals surface area (Å²) in [6, 6.07) is 1.23. The average Bonchev–Trinajstić information content (AvgIpc) is 2.31. The van der Waals surface area contributed by atoms with Crippen LogP contribution in [-0.4, -0.2) is 16.9 Å². The highest BCUT2D eigenvalue weighted by molar-refractivity contribution is 5.94. The zero-order chi connectivity index (χ0) is 14.0. The van der Waals surface area contributed by atoms with Crippen LogP contribution in [0.5, 0.6) is 0 Å². The Morgan fingerprint density at radius 3 is 2.53 bits per heavy atom. The Kier molecular flexibility index (Phi) is 4.12. The Labute approximate surface area is 111 Å². The van der Waals surface area contributed by atoms with Crippen molar-refractivity contribution in [3.05, 3.63) is 29.6 Å². The number of pyridine rings is 1. The average molecular weight is 268 g/mol. The van der Waals surface area contributed by atoms with E-state index in [0.29, 0.717) is 11.8 Å². The molecule has 1 aromatic heterocycles. The quantitative estimate of drug-likeness (QED) is 0.838. The maximum absolute atomic E-state index is 13.5. The first-order valence-corrected chi connectivity index (χ1v) is 6.58. The van der Waals surface area contributed by atoms with Gasteiger partial charge in [0.25, 0.3) is 5.91 Å². The van der Waals surface area contributed by atoms with E-state index in [2.05, 4.69) is 24.1 Å². The van der Waals surface area contributed by atoms with Crippen LogP contribution in [0.25, 0.3) is 0 Å². The molecule has 1 aliphatic rings. The summed E-state index contributed by atoms with van der Waals surface area (Å²) in [4.78, 5) is 15.1. The fraction of sp³-hybridized carbons (Fsp3) is 0.571. The van der Waals surface area contributed by atoms with Crippen molar-refractivity contribution in [2.75, 3.05) is 0 Å². The van der Waals surface area contributed by atoms with Crippen LogP contribution < -0.4 is 5.32 Å². The maximum atomic E-state index is 13.5. The zero-order valence-electron chi connectivity index (χ0n) is 11.1. The standard InChI is InChI=1S/C14H18F2N2O/c1-8-5-9(2)7-10(6-8)18-14(19)11-3-4-17-13(16)12(11)15/h3-4,8-10H,5-7H2,1-2H3,(H,18,19). The van der Waals surface area contributed by atoms with Gasteiger partial charge in [-0.1, -0.05) is 13.8 Å². The van der Waals surface area contributed by atoms with Crippen LogP contribution in [0.1, 0.15) is 43.5 Å². The van der Waals surface area contributed by atoms with E-state index in [9.17, 15) is 13.6 Å². The van der Waals surface area contributed by atoms with Crippen LogP contribution in [-0.2, 0) is 0 Å². The van der Waals surface area contributed by atoms with E-state index in [-0.39, 0.29) is 11.6 Å². The molecule has 0 spiro atoms. The zero-order valence-corrected chi connectivity index (χ0v) is 11.1. The monoisotopic (exact) mass is 268 g/mol. The lowest BCUT2D eigenvalue weighted by molar-refractivity contribution is 0.0905. The van der Waals surface area contributed by atoms with Gasteiger partial charge in [0.2, 0.25) is 5.95 Å². The van der Waals surface area contributed by atoms with Crippen molar-refractivity contribution in [3.63, 3.8) is 0 Å². The van der Waals surface area contributed by atoms with Crippen molar-refractivity contribution in [1.29, 1.82) is 0 Å². The largest absolute Gasteiger partial charge is 0.349 e. The molecule has 0 saturated heterocycles. The number of nitrogens with one attached hydrogen (secondary N) is 1. The van der Waals surface area contributed by atoms with Crippen molar-refractivity contribution < 1.29 is 13.6 Å². The number of hydrogen-bond donors (Lipinski definition) is 1. The molecule has 2 rings (SSSR count). The fourth-order valence-corrected chi connectivity index (χ4v) is 2.92. The first kappa shape index (κ1) is 13.9. The molecule has 1 fully saturated rings. The predicted octanol–water partition coefficient (Wildman–Crippen LogP) is 2.91. The van der Waals surface area contributed by atoms with Gasteiger partial charge >= 0.3 is 0 Å². The third-order valence-electron chi connectivity index (χ3n) is 3.61. The lowest BCUT2D eigenvalue weighted by Crippen LogP contribution is -2.40. The van der Waals surface area contributed by atoms with Gasteiger partial charge in [0.05, 0.1) is 5.56 Å². The van der Waals surface area contributed by atoms with Crippen molar-refractivity contribution >= 4 is 5.91 Å². The number of rotatable bonds is 2. The van der Waals surface area contributed by atoms with Crippen molar-refractivity contribution in [3.8, 4) is 0 Å². The summed E-state index contributed by atoms with van der Waals surface area (Å²) in [7, 11) is 0. The first-order chi connectivity index (χ1) is 8.97. The Balaban J connectivity index is 2.06. The third-order valence-corrected chi connectivity index (χ3v) is 3.61. The molecule has 1 aromatic rings. The number of carbonyl (C=O) groups is 1. The van der Waals surface area contributed by atoms with E-state index in [1.807, 2.05) is 0 Å². The molecule has 0 aromatic carbocycles. The number of hydrogen-bond acceptors (Lipinski definition) is 2. The molecular weight excluding hydrogens is 250 g/mol. The molecule has 5 heteroatoms. The summed E-state index contributed by atoms with van der Waals surface area (Å²) >= 11 is 0. The number of nitrogens with zero attached hydrogens (tertiary/aromatic N) is 1. The second kappa shape index (κ2) is 5.63. The normalized spacial score (nSPS) is 27.1. The van der Waals surface area contributed by atoms with Gasteiger partial charge in [-0.05, 0) is 37.2 Å². The second-order valence-corrected chi connectivity index (χ2v) is 5.55. The summed E-state index contributed by atoms with van der Waals surface area (Å²) in [5, 5.41) is 2.79. The lowest BCUT2D eigenvalue weighted by Gasteiger charge is -2.31. The molecule has 0 radical (unpaired) electrons. The van der Waals surface area contributed by atoms with Gasteiger partial charge in [0.1, 0.15) is 0 Å². The molecule has 19 heavy (non-hydrogen) atoms. The molecule has 1 heterocycles. The van der Waals surface area contributed by atoms with Gasteiger partial charge in [-0.25, -0.2) is 9.37 Å². The Morgan fingerprint density at radius 1 is 1.26 bits per heavy atom. The summed E-state index contributed by atoms with van der Waals surface area (Å²) in [6.07, 6.45) is 4.00. The highest BCUT2D eigenvalue weighted by atomic mass is 19.2. The van der Waals surface area contributed by atoms with Gasteiger partial charge in [-0.3, -0.25) is 4.79 Å². The minimum atomic E-state index is -1.24. The lowest BCUT2D eigenvalue weighted by atomic mass is 9.80. The fourth-order valence-electron chi connectivity index (χ4n) is 2.92. The molecule has 0 bridgehead atoms. The molecule has 1 N–H and O–H groups in total. The third kappa shape index (κ3) is 3.28. The minimum absolute atomic E-state index is 0.0295. The Morgan fingerprint density at radius 2 is 1.89 bits per heavy atom. The van der Waals surface area contributed by atoms with Gasteiger partial charge < -0.3 is 5.32 Å². The predicted molar refractivity (Wildman–Crippen MR) is 67.6 cm³/mol. The molecular formula is C14H18F2N2O. The van der Waals surface area contributed by atoms with E-state index in [1.54, 1.807) is 0 Å². The van der Waals surface area contributed by atoms with Crippen molar-refractivity contribution in [2.45, 2.75) is 39.2 Å². The minimum Gasteiger partial charge on any atom is -0.349 e. The highest BCUT2D eigenvalue weighted by Crippen LogP contribution is 2.28. The van der Waals surface area contributed by atoms with Crippen LogP contribution in [0, 0.1) is 23.6 Å². The second-order valence-electron chi connectivity index (χ2n) is 5.55. The molecule has 1 aliphatic carbocycles. The summed E-state index contributed by atoms with van der Waals surface area (Å²) in [5.74, 6) is -1.92. The van der Waals surface area contributed by atoms with E-state index in [4.69, 9.17) is 0 Å². The smallest absolute Gasteiger partial charge is 0.254 e. The van der Waals surface area contributed by atoms with Gasteiger partial charge in [0.15, 0.2) is 5.82 Å². The van der Waals surface area contributed by atoms with Crippen LogP contribution in [0.4, 0.5) is 8.78 Å². The van der Waals surface area contributed by atoms with Crippen LogP contribution in [0.15, 0.2) is 12.3 Å². The number of aromatic nitrogens is 1. The van der Waals surface area contributed by atoms with Crippen LogP contribution >= 0.6 is 0 Å². The summed E-state index contributed by atoms with van der Waals surface area (Å²) in [5.41, 5.74) is -0.279. The van der Waals surface area contributed by atoms with E-state index in [1.165, 1.54) is 6.07 Å². The van der Waals surface area contributed by atoms with Gasteiger partial charge in [0, 0.05) is 12.2 Å². The molecule has 104 valence electrons. The van der Waals surface area contributed by atoms with E-state index in [0.717, 1.165) is 25.5 Å². The Hall–Kier alpha value is -1.52. The van der Waals surface area contributed by atoms with Crippen LogP contribution in [0.2, 0.25) is 0 Å². The Bertz CT molecular complexity index is 469. The maximum Gasteiger partial charge on any atom is 0.254 e. The first-order valence-electron chi connectivity index (χ1n) is 6.58. The van der Waals surface area contributed by atoms with Gasteiger partial charge in [-0.2, -0.15) is 4.39 Å². The molecule has 1 saturated carbocycles. The highest BCUT2D eigenvalue weighted by Gasteiger charge is 2.26. The van der Waals surface area contributed by atoms with Crippen molar-refractivity contribution in [2.24, 2.45) is 11.8 Å².